The molecule has 0 saturated heterocycles. The van der Waals surface area contributed by atoms with Crippen molar-refractivity contribution in [2.24, 2.45) is 5.73 Å². The highest BCUT2D eigenvalue weighted by molar-refractivity contribution is 6.70. The van der Waals surface area contributed by atoms with Crippen LogP contribution >= 0.6 is 0 Å². The molecule has 0 aliphatic rings. The zero-order valence-corrected chi connectivity index (χ0v) is 11.1. The Morgan fingerprint density at radius 1 is 1.27 bits per heavy atom. The summed E-state index contributed by atoms with van der Waals surface area (Å²) in [6.07, 6.45) is 0.937. The van der Waals surface area contributed by atoms with Gasteiger partial charge in [0.05, 0.1) is 0 Å². The molecule has 2 nitrogen and oxygen atoms in total. The lowest BCUT2D eigenvalue weighted by molar-refractivity contribution is 0.535. The predicted molar refractivity (Wildman–Crippen MR) is 67.6 cm³/mol. The van der Waals surface area contributed by atoms with E-state index in [0.29, 0.717) is 0 Å². The molecule has 1 aromatic rings. The molecule has 0 heterocycles. The highest BCUT2D eigenvalue weighted by Gasteiger charge is 2.19. The molecule has 0 spiro atoms. The van der Waals surface area contributed by atoms with Gasteiger partial charge in [-0.25, -0.2) is 0 Å². The van der Waals surface area contributed by atoms with Crippen LogP contribution in [0.15, 0.2) is 24.3 Å². The number of rotatable bonds is 4. The van der Waals surface area contributed by atoms with Gasteiger partial charge in [0.25, 0.3) is 0 Å². The van der Waals surface area contributed by atoms with Crippen molar-refractivity contribution in [3.63, 3.8) is 0 Å². The summed E-state index contributed by atoms with van der Waals surface area (Å²) < 4.78 is 6.01. The summed E-state index contributed by atoms with van der Waals surface area (Å²) in [5, 5.41) is 0. The molecule has 0 fully saturated rings. The van der Waals surface area contributed by atoms with Gasteiger partial charge >= 0.3 is 0 Å². The zero-order valence-electron chi connectivity index (χ0n) is 10.1. The smallest absolute Gasteiger partial charge is 0.242 e. The Morgan fingerprint density at radius 2 is 1.87 bits per heavy atom. The van der Waals surface area contributed by atoms with Gasteiger partial charge in [-0.2, -0.15) is 0 Å². The fourth-order valence-corrected chi connectivity index (χ4v) is 2.28. The van der Waals surface area contributed by atoms with Crippen LogP contribution in [-0.4, -0.2) is 8.32 Å². The van der Waals surface area contributed by atoms with Gasteiger partial charge in [-0.05, 0) is 32.1 Å². The van der Waals surface area contributed by atoms with Crippen LogP contribution < -0.4 is 10.2 Å². The van der Waals surface area contributed by atoms with Crippen LogP contribution in [0.5, 0.6) is 5.75 Å². The molecule has 3 heteroatoms. The SMILES string of the molecule is CCC(N)c1ccccc1O[Si](C)(C)C. The van der Waals surface area contributed by atoms with Crippen molar-refractivity contribution in [3.8, 4) is 5.75 Å². The fourth-order valence-electron chi connectivity index (χ4n) is 1.43. The van der Waals surface area contributed by atoms with Crippen LogP contribution in [0.3, 0.4) is 0 Å². The molecule has 0 amide bonds. The van der Waals surface area contributed by atoms with Gasteiger partial charge in [0.1, 0.15) is 5.75 Å². The minimum Gasteiger partial charge on any atom is -0.544 e. The third kappa shape index (κ3) is 3.68. The van der Waals surface area contributed by atoms with Crippen molar-refractivity contribution < 1.29 is 4.43 Å². The summed E-state index contributed by atoms with van der Waals surface area (Å²) in [7, 11) is -1.54. The van der Waals surface area contributed by atoms with Crippen LogP contribution in [0.4, 0.5) is 0 Å². The van der Waals surface area contributed by atoms with E-state index in [-0.39, 0.29) is 6.04 Å². The van der Waals surface area contributed by atoms with Crippen molar-refractivity contribution in [1.82, 2.24) is 0 Å². The van der Waals surface area contributed by atoms with Gasteiger partial charge in [0.2, 0.25) is 8.32 Å². The van der Waals surface area contributed by atoms with Gasteiger partial charge in [-0.15, -0.1) is 0 Å². The Hall–Kier alpha value is -0.803. The van der Waals surface area contributed by atoms with Crippen molar-refractivity contribution in [2.75, 3.05) is 0 Å². The van der Waals surface area contributed by atoms with E-state index in [2.05, 4.69) is 32.6 Å². The van der Waals surface area contributed by atoms with Crippen molar-refractivity contribution in [1.29, 1.82) is 0 Å². The third-order valence-corrected chi connectivity index (χ3v) is 3.01. The molecule has 0 radical (unpaired) electrons. The van der Waals surface area contributed by atoms with E-state index < -0.39 is 8.32 Å². The van der Waals surface area contributed by atoms with E-state index in [9.17, 15) is 0 Å². The maximum absolute atomic E-state index is 6.05. The number of para-hydroxylation sites is 1. The summed E-state index contributed by atoms with van der Waals surface area (Å²) in [6.45, 7) is 8.64. The topological polar surface area (TPSA) is 35.2 Å². The molecule has 1 rings (SSSR count). The first-order valence-electron chi connectivity index (χ1n) is 5.47. The first kappa shape index (κ1) is 12.3. The number of hydrogen-bond donors (Lipinski definition) is 1. The van der Waals surface area contributed by atoms with Crippen LogP contribution in [0.25, 0.3) is 0 Å². The second-order valence-corrected chi connectivity index (χ2v) is 9.20. The number of nitrogens with two attached hydrogens (primary N) is 1. The molecule has 1 unspecified atom stereocenters. The maximum Gasteiger partial charge on any atom is 0.242 e. The van der Waals surface area contributed by atoms with E-state index in [4.69, 9.17) is 10.2 Å². The molecule has 2 N–H and O–H groups in total. The Bertz CT molecular complexity index is 320. The highest BCUT2D eigenvalue weighted by Crippen LogP contribution is 2.27. The summed E-state index contributed by atoms with van der Waals surface area (Å²) >= 11 is 0. The standard InChI is InChI=1S/C12H21NOSi/c1-5-11(13)10-8-6-7-9-12(10)14-15(2,3)4/h6-9,11H,5,13H2,1-4H3. The summed E-state index contributed by atoms with van der Waals surface area (Å²) in [4.78, 5) is 0. The largest absolute Gasteiger partial charge is 0.544 e. The van der Waals surface area contributed by atoms with E-state index in [0.717, 1.165) is 17.7 Å². The van der Waals surface area contributed by atoms with Crippen LogP contribution in [-0.2, 0) is 0 Å². The Balaban J connectivity index is 2.96. The van der Waals surface area contributed by atoms with Crippen molar-refractivity contribution >= 4 is 8.32 Å². The Morgan fingerprint density at radius 3 is 2.40 bits per heavy atom. The molecule has 0 aliphatic carbocycles. The maximum atomic E-state index is 6.05. The highest BCUT2D eigenvalue weighted by atomic mass is 28.4. The number of benzene rings is 1. The molecule has 0 bridgehead atoms. The normalized spacial score (nSPS) is 13.7. The average Bonchev–Trinajstić information content (AvgIpc) is 2.15. The molecular weight excluding hydrogens is 202 g/mol. The summed E-state index contributed by atoms with van der Waals surface area (Å²) in [5.41, 5.74) is 7.18. The molecule has 0 saturated carbocycles. The molecule has 1 atom stereocenters. The van der Waals surface area contributed by atoms with E-state index >= 15 is 0 Å². The van der Waals surface area contributed by atoms with E-state index in [1.165, 1.54) is 0 Å². The van der Waals surface area contributed by atoms with Gasteiger partial charge in [-0.3, -0.25) is 0 Å². The summed E-state index contributed by atoms with van der Waals surface area (Å²) in [5.74, 6) is 0.964. The molecule has 0 aromatic heterocycles. The predicted octanol–water partition coefficient (Wildman–Crippen LogP) is 3.31. The molecule has 1 aromatic carbocycles. The van der Waals surface area contributed by atoms with E-state index in [1.54, 1.807) is 0 Å². The van der Waals surface area contributed by atoms with E-state index in [1.807, 2.05) is 18.2 Å². The zero-order chi connectivity index (χ0) is 11.5. The molecule has 84 valence electrons. The van der Waals surface area contributed by atoms with Gasteiger partial charge < -0.3 is 10.2 Å². The molecule has 0 aliphatic heterocycles. The first-order chi connectivity index (χ1) is 6.94. The minimum absolute atomic E-state index is 0.0811. The minimum atomic E-state index is -1.54. The fraction of sp³-hybridized carbons (Fsp3) is 0.500. The monoisotopic (exact) mass is 223 g/mol. The lowest BCUT2D eigenvalue weighted by Crippen LogP contribution is -2.30. The van der Waals surface area contributed by atoms with Crippen molar-refractivity contribution in [3.05, 3.63) is 29.8 Å². The Labute approximate surface area is 93.6 Å². The number of hydrogen-bond acceptors (Lipinski definition) is 2. The lowest BCUT2D eigenvalue weighted by Gasteiger charge is -2.23. The molecular formula is C12H21NOSi. The van der Waals surface area contributed by atoms with Gasteiger partial charge in [0, 0.05) is 11.6 Å². The van der Waals surface area contributed by atoms with Gasteiger partial charge in [0.15, 0.2) is 0 Å². The first-order valence-corrected chi connectivity index (χ1v) is 8.88. The van der Waals surface area contributed by atoms with Crippen LogP contribution in [0, 0.1) is 0 Å². The average molecular weight is 223 g/mol. The Kier molecular flexibility index (Phi) is 3.94. The van der Waals surface area contributed by atoms with Gasteiger partial charge in [-0.1, -0.05) is 25.1 Å². The van der Waals surface area contributed by atoms with Crippen LogP contribution in [0.2, 0.25) is 19.6 Å². The quantitative estimate of drug-likeness (QED) is 0.795. The lowest BCUT2D eigenvalue weighted by atomic mass is 10.0. The third-order valence-electron chi connectivity index (χ3n) is 2.17. The summed E-state index contributed by atoms with van der Waals surface area (Å²) in [6, 6.07) is 8.17. The molecule has 15 heavy (non-hydrogen) atoms. The second-order valence-electron chi connectivity index (χ2n) is 4.77. The van der Waals surface area contributed by atoms with Crippen LogP contribution in [0.1, 0.15) is 24.9 Å². The van der Waals surface area contributed by atoms with Crippen molar-refractivity contribution in [2.45, 2.75) is 39.0 Å². The second kappa shape index (κ2) is 4.81.